The summed E-state index contributed by atoms with van der Waals surface area (Å²) in [5, 5.41) is 1.43. The second-order valence-electron chi connectivity index (χ2n) is 14.5. The molecule has 0 spiro atoms. The van der Waals surface area contributed by atoms with Crippen LogP contribution in [0.15, 0.2) is 72.8 Å². The topological polar surface area (TPSA) is 8.17 Å². The summed E-state index contributed by atoms with van der Waals surface area (Å²) in [6, 6.07) is 28.6. The van der Waals surface area contributed by atoms with E-state index >= 15 is 0 Å². The van der Waals surface area contributed by atoms with Gasteiger partial charge in [-0.05, 0) is 77.5 Å². The summed E-state index contributed by atoms with van der Waals surface area (Å²) < 4.78 is 2.68. The molecule has 2 atom stereocenters. The van der Waals surface area contributed by atoms with Gasteiger partial charge in [0.2, 0.25) is 0 Å². The number of fused-ring (bicyclic) bond motifs is 12. The van der Waals surface area contributed by atoms with Gasteiger partial charge in [-0.1, -0.05) is 94.3 Å². The minimum Gasteiger partial charge on any atom is -0.335 e. The second-order valence-corrected chi connectivity index (χ2v) is 14.5. The van der Waals surface area contributed by atoms with Crippen molar-refractivity contribution in [1.29, 1.82) is 0 Å². The number of para-hydroxylation sites is 2. The molecule has 0 saturated heterocycles. The average Bonchev–Trinajstić information content (AvgIpc) is 3.51. The monoisotopic (exact) mass is 530 g/mol. The predicted octanol–water partition coefficient (Wildman–Crippen LogP) is 7.13. The van der Waals surface area contributed by atoms with Gasteiger partial charge in [-0.15, -0.1) is 0 Å². The van der Waals surface area contributed by atoms with Crippen molar-refractivity contribution in [2.45, 2.75) is 76.7 Å². The van der Waals surface area contributed by atoms with Gasteiger partial charge in [0, 0.05) is 44.4 Å². The molecule has 1 fully saturated rings. The summed E-state index contributed by atoms with van der Waals surface area (Å²) in [6.45, 7) is 12.6. The summed E-state index contributed by atoms with van der Waals surface area (Å²) in [6.07, 6.45) is 5.14. The molecular formula is C38H35BN2. The predicted molar refractivity (Wildman–Crippen MR) is 173 cm³/mol. The molecule has 1 unspecified atom stereocenters. The minimum atomic E-state index is -0.0409. The van der Waals surface area contributed by atoms with Gasteiger partial charge in [0.1, 0.15) is 0 Å². The highest BCUT2D eigenvalue weighted by atomic mass is 15.3. The van der Waals surface area contributed by atoms with Gasteiger partial charge in [0.05, 0.1) is 11.2 Å². The highest BCUT2D eigenvalue weighted by Gasteiger charge is 2.61. The minimum absolute atomic E-state index is 0.0409. The molecule has 2 nitrogen and oxygen atoms in total. The molecule has 3 heteroatoms. The molecule has 41 heavy (non-hydrogen) atoms. The van der Waals surface area contributed by atoms with E-state index in [0.29, 0.717) is 0 Å². The normalized spacial score (nSPS) is 25.1. The Bertz CT molecular complexity index is 2050. The van der Waals surface area contributed by atoms with Gasteiger partial charge >= 0.3 is 0 Å². The SMILES string of the molecule is Cc1cc2c3c(c1)-n1c4c(c5cccc(c51)B3c1cccc3c1N2[C@@]1(C)CCCCC31C)C(C)(C)c1ccccc1-4. The fourth-order valence-corrected chi connectivity index (χ4v) is 10.4. The Balaban J connectivity index is 1.40. The lowest BCUT2D eigenvalue weighted by molar-refractivity contribution is 0.195. The van der Waals surface area contributed by atoms with Crippen LogP contribution < -0.4 is 21.3 Å². The van der Waals surface area contributed by atoms with Gasteiger partial charge in [0.25, 0.3) is 6.71 Å². The Morgan fingerprint density at radius 2 is 1.49 bits per heavy atom. The maximum absolute atomic E-state index is 2.84. The van der Waals surface area contributed by atoms with Gasteiger partial charge in [0.15, 0.2) is 0 Å². The molecule has 10 rings (SSSR count). The van der Waals surface area contributed by atoms with Crippen LogP contribution in [0.1, 0.15) is 75.6 Å². The highest BCUT2D eigenvalue weighted by molar-refractivity contribution is 7.00. The van der Waals surface area contributed by atoms with E-state index in [2.05, 4.69) is 117 Å². The Morgan fingerprint density at radius 3 is 2.37 bits per heavy atom. The second kappa shape index (κ2) is 6.84. The van der Waals surface area contributed by atoms with Crippen LogP contribution in [-0.4, -0.2) is 16.8 Å². The maximum Gasteiger partial charge on any atom is 0.252 e. The average molecular weight is 531 g/mol. The number of hydrogen-bond donors (Lipinski definition) is 0. The third-order valence-corrected chi connectivity index (χ3v) is 12.3. The van der Waals surface area contributed by atoms with Crippen molar-refractivity contribution < 1.29 is 0 Å². The van der Waals surface area contributed by atoms with E-state index in [0.717, 1.165) is 0 Å². The maximum atomic E-state index is 2.84. The first kappa shape index (κ1) is 22.9. The molecule has 0 radical (unpaired) electrons. The van der Waals surface area contributed by atoms with Crippen molar-refractivity contribution in [1.82, 2.24) is 4.57 Å². The molecule has 3 aliphatic heterocycles. The lowest BCUT2D eigenvalue weighted by Gasteiger charge is -2.52. The van der Waals surface area contributed by atoms with E-state index in [1.54, 1.807) is 5.56 Å². The van der Waals surface area contributed by atoms with Crippen LogP contribution in [0.5, 0.6) is 0 Å². The fraction of sp³-hybridized carbons (Fsp3) is 0.316. The molecule has 1 saturated carbocycles. The number of aryl methyl sites for hydroxylation is 1. The van der Waals surface area contributed by atoms with Gasteiger partial charge < -0.3 is 9.47 Å². The quantitative estimate of drug-likeness (QED) is 0.190. The molecule has 2 aliphatic carbocycles. The third kappa shape index (κ3) is 2.26. The van der Waals surface area contributed by atoms with Gasteiger partial charge in [-0.25, -0.2) is 0 Å². The zero-order chi connectivity index (χ0) is 27.6. The van der Waals surface area contributed by atoms with Crippen LogP contribution in [0.25, 0.3) is 27.8 Å². The van der Waals surface area contributed by atoms with Crippen LogP contribution in [0.3, 0.4) is 0 Å². The number of anilines is 2. The molecule has 5 aromatic rings. The van der Waals surface area contributed by atoms with Crippen LogP contribution >= 0.6 is 0 Å². The Morgan fingerprint density at radius 1 is 0.756 bits per heavy atom. The van der Waals surface area contributed by atoms with Gasteiger partial charge in [-0.2, -0.15) is 0 Å². The zero-order valence-electron chi connectivity index (χ0n) is 24.7. The third-order valence-electron chi connectivity index (χ3n) is 12.3. The Kier molecular flexibility index (Phi) is 3.82. The van der Waals surface area contributed by atoms with Crippen molar-refractivity contribution in [3.05, 3.63) is 95.1 Å². The van der Waals surface area contributed by atoms with E-state index in [1.165, 1.54) is 98.0 Å². The van der Waals surface area contributed by atoms with Gasteiger partial charge in [-0.3, -0.25) is 0 Å². The number of benzene rings is 4. The van der Waals surface area contributed by atoms with E-state index in [4.69, 9.17) is 0 Å². The Labute approximate surface area is 243 Å². The van der Waals surface area contributed by atoms with E-state index in [9.17, 15) is 0 Å². The largest absolute Gasteiger partial charge is 0.335 e. The van der Waals surface area contributed by atoms with Crippen molar-refractivity contribution >= 4 is 45.4 Å². The summed E-state index contributed by atoms with van der Waals surface area (Å²) in [7, 11) is 0. The summed E-state index contributed by atoms with van der Waals surface area (Å²) >= 11 is 0. The van der Waals surface area contributed by atoms with E-state index < -0.39 is 0 Å². The standard InChI is InChI=1S/C38H35BN2/c1-22-20-29-32-30(21-22)41-35-26(37(4)18-8-9-19-38(37,41)5)15-11-17-28(35)39(32)27-16-10-13-24-31-34(40(29)33(24)27)23-12-6-7-14-25(23)36(31,2)3/h6-7,10-17,20-21H,8-9,18-19H2,1-5H3/t37?,38-/m0/s1. The van der Waals surface area contributed by atoms with Crippen LogP contribution in [-0.2, 0) is 10.8 Å². The zero-order valence-corrected chi connectivity index (χ0v) is 24.7. The molecule has 0 bridgehead atoms. The lowest BCUT2D eigenvalue weighted by Crippen LogP contribution is -2.64. The van der Waals surface area contributed by atoms with E-state index in [1.807, 2.05) is 0 Å². The van der Waals surface area contributed by atoms with E-state index in [-0.39, 0.29) is 23.1 Å². The summed E-state index contributed by atoms with van der Waals surface area (Å²) in [5.74, 6) is 0. The number of rotatable bonds is 0. The van der Waals surface area contributed by atoms with Crippen molar-refractivity contribution in [3.8, 4) is 16.9 Å². The number of hydrogen-bond acceptors (Lipinski definition) is 1. The lowest BCUT2D eigenvalue weighted by atomic mass is 9.33. The molecule has 0 amide bonds. The van der Waals surface area contributed by atoms with Crippen molar-refractivity contribution in [3.63, 3.8) is 0 Å². The van der Waals surface area contributed by atoms with Crippen LogP contribution in [0.4, 0.5) is 11.4 Å². The highest BCUT2D eigenvalue weighted by Crippen LogP contribution is 2.62. The number of nitrogens with zero attached hydrogens (tertiary/aromatic N) is 2. The molecule has 4 aromatic carbocycles. The molecule has 1 aromatic heterocycles. The molecule has 0 N–H and O–H groups in total. The molecule has 4 heterocycles. The first-order chi connectivity index (χ1) is 19.8. The smallest absolute Gasteiger partial charge is 0.252 e. The molecule has 5 aliphatic rings. The van der Waals surface area contributed by atoms with Crippen LogP contribution in [0, 0.1) is 6.92 Å². The summed E-state index contributed by atoms with van der Waals surface area (Å²) in [5.41, 5.74) is 19.2. The molecular weight excluding hydrogens is 495 g/mol. The Hall–Kier alpha value is -3.72. The fourth-order valence-electron chi connectivity index (χ4n) is 10.4. The number of aromatic nitrogens is 1. The molecule has 200 valence electrons. The van der Waals surface area contributed by atoms with Crippen molar-refractivity contribution in [2.24, 2.45) is 0 Å². The first-order valence-corrected chi connectivity index (χ1v) is 15.6. The first-order valence-electron chi connectivity index (χ1n) is 15.6. The summed E-state index contributed by atoms with van der Waals surface area (Å²) in [4.78, 5) is 2.84. The van der Waals surface area contributed by atoms with Crippen LogP contribution in [0.2, 0.25) is 0 Å². The van der Waals surface area contributed by atoms with Crippen molar-refractivity contribution in [2.75, 3.05) is 4.90 Å².